The number of nitrogens with two attached hydrogens (primary N) is 1. The molecule has 0 unspecified atom stereocenters. The van der Waals surface area contributed by atoms with Crippen molar-refractivity contribution in [1.82, 2.24) is 15.0 Å². The number of primary amides is 1. The molecule has 1 amide bonds. The summed E-state index contributed by atoms with van der Waals surface area (Å²) in [5.74, 6) is 0.245. The Bertz CT molecular complexity index is 1120. The Balaban J connectivity index is 1.87. The Morgan fingerprint density at radius 3 is 2.81 bits per heavy atom. The zero-order valence-electron chi connectivity index (χ0n) is 14.8. The summed E-state index contributed by atoms with van der Waals surface area (Å²) in [4.78, 5) is 23.6. The van der Waals surface area contributed by atoms with E-state index in [-0.39, 0.29) is 5.69 Å². The standard InChI is InChI=1S/C21H18N4O2/c1-27-15-7-8-16-17(10-14-5-2-6-18(24-14)21(22)26)20(25-19(16)11-15)13-4-3-9-23-12-13/h2-9,11-12,25H,10H2,1H3,(H2,22,26). The molecule has 4 rings (SSSR count). The number of carbonyl (C=O) groups is 1. The molecule has 134 valence electrons. The number of pyridine rings is 2. The number of amides is 1. The monoisotopic (exact) mass is 358 g/mol. The molecule has 0 aliphatic carbocycles. The normalized spacial score (nSPS) is 10.9. The average Bonchev–Trinajstić information content (AvgIpc) is 3.06. The minimum absolute atomic E-state index is 0.261. The molecule has 6 nitrogen and oxygen atoms in total. The fourth-order valence-electron chi connectivity index (χ4n) is 3.20. The Kier molecular flexibility index (Phi) is 4.30. The van der Waals surface area contributed by atoms with Crippen LogP contribution < -0.4 is 10.5 Å². The van der Waals surface area contributed by atoms with Crippen molar-refractivity contribution in [2.45, 2.75) is 6.42 Å². The second-order valence-corrected chi connectivity index (χ2v) is 6.19. The Morgan fingerprint density at radius 1 is 1.19 bits per heavy atom. The van der Waals surface area contributed by atoms with E-state index in [0.29, 0.717) is 6.42 Å². The van der Waals surface area contributed by atoms with E-state index in [2.05, 4.69) is 15.0 Å². The van der Waals surface area contributed by atoms with Crippen molar-refractivity contribution in [3.8, 4) is 17.0 Å². The van der Waals surface area contributed by atoms with Crippen molar-refractivity contribution in [2.24, 2.45) is 5.73 Å². The third-order valence-electron chi connectivity index (χ3n) is 4.48. The number of fused-ring (bicyclic) bond motifs is 1. The van der Waals surface area contributed by atoms with Crippen molar-refractivity contribution < 1.29 is 9.53 Å². The van der Waals surface area contributed by atoms with Gasteiger partial charge < -0.3 is 15.5 Å². The molecule has 0 aliphatic heterocycles. The highest BCUT2D eigenvalue weighted by molar-refractivity contribution is 5.92. The van der Waals surface area contributed by atoms with Crippen molar-refractivity contribution in [3.05, 3.63) is 77.9 Å². The average molecular weight is 358 g/mol. The fourth-order valence-corrected chi connectivity index (χ4v) is 3.20. The van der Waals surface area contributed by atoms with Crippen LogP contribution >= 0.6 is 0 Å². The van der Waals surface area contributed by atoms with Crippen molar-refractivity contribution in [1.29, 1.82) is 0 Å². The van der Waals surface area contributed by atoms with Crippen molar-refractivity contribution in [3.63, 3.8) is 0 Å². The number of carbonyl (C=O) groups excluding carboxylic acids is 1. The van der Waals surface area contributed by atoms with E-state index in [1.807, 2.05) is 42.6 Å². The van der Waals surface area contributed by atoms with Crippen LogP contribution in [0.25, 0.3) is 22.2 Å². The molecule has 1 aromatic carbocycles. The molecule has 6 heteroatoms. The lowest BCUT2D eigenvalue weighted by atomic mass is 10.0. The summed E-state index contributed by atoms with van der Waals surface area (Å²) < 4.78 is 5.34. The smallest absolute Gasteiger partial charge is 0.267 e. The number of nitrogens with zero attached hydrogens (tertiary/aromatic N) is 2. The van der Waals surface area contributed by atoms with Crippen molar-refractivity contribution in [2.75, 3.05) is 7.11 Å². The second kappa shape index (κ2) is 6.92. The maximum atomic E-state index is 11.5. The van der Waals surface area contributed by atoms with Gasteiger partial charge in [-0.1, -0.05) is 6.07 Å². The van der Waals surface area contributed by atoms with Gasteiger partial charge in [0.05, 0.1) is 12.8 Å². The maximum absolute atomic E-state index is 11.5. The molecular weight excluding hydrogens is 340 g/mol. The van der Waals surface area contributed by atoms with Crippen LogP contribution in [0.4, 0.5) is 0 Å². The Labute approximate surface area is 156 Å². The summed E-state index contributed by atoms with van der Waals surface area (Å²) in [6.45, 7) is 0. The van der Waals surface area contributed by atoms with Crippen LogP contribution in [0.2, 0.25) is 0 Å². The van der Waals surface area contributed by atoms with E-state index in [4.69, 9.17) is 10.5 Å². The first kappa shape index (κ1) is 16.8. The van der Waals surface area contributed by atoms with Gasteiger partial charge in [-0.25, -0.2) is 4.98 Å². The molecule has 0 saturated heterocycles. The summed E-state index contributed by atoms with van der Waals surface area (Å²) in [6.07, 6.45) is 4.11. The van der Waals surface area contributed by atoms with Gasteiger partial charge >= 0.3 is 0 Å². The summed E-state index contributed by atoms with van der Waals surface area (Å²) in [6, 6.07) is 15.1. The maximum Gasteiger partial charge on any atom is 0.267 e. The van der Waals surface area contributed by atoms with Gasteiger partial charge in [-0.15, -0.1) is 0 Å². The van der Waals surface area contributed by atoms with Gasteiger partial charge in [0.15, 0.2) is 0 Å². The molecule has 27 heavy (non-hydrogen) atoms. The van der Waals surface area contributed by atoms with E-state index >= 15 is 0 Å². The van der Waals surface area contributed by atoms with E-state index in [0.717, 1.165) is 39.2 Å². The number of nitrogens with one attached hydrogen (secondary N) is 1. The van der Waals surface area contributed by atoms with Crippen LogP contribution in [0.15, 0.2) is 60.9 Å². The van der Waals surface area contributed by atoms with E-state index < -0.39 is 5.91 Å². The van der Waals surface area contributed by atoms with E-state index in [1.165, 1.54) is 0 Å². The number of rotatable bonds is 5. The topological polar surface area (TPSA) is 93.9 Å². The number of hydrogen-bond acceptors (Lipinski definition) is 4. The highest BCUT2D eigenvalue weighted by Crippen LogP contribution is 2.33. The minimum Gasteiger partial charge on any atom is -0.497 e. The van der Waals surface area contributed by atoms with Crippen LogP contribution in [-0.2, 0) is 6.42 Å². The van der Waals surface area contributed by atoms with Gasteiger partial charge in [0, 0.05) is 47.0 Å². The van der Waals surface area contributed by atoms with Crippen LogP contribution in [0.1, 0.15) is 21.7 Å². The molecular formula is C21H18N4O2. The molecule has 0 saturated carbocycles. The lowest BCUT2D eigenvalue weighted by Gasteiger charge is -2.06. The molecule has 3 aromatic heterocycles. The number of hydrogen-bond donors (Lipinski definition) is 2. The third kappa shape index (κ3) is 3.25. The van der Waals surface area contributed by atoms with Crippen LogP contribution in [0, 0.1) is 0 Å². The molecule has 3 heterocycles. The largest absolute Gasteiger partial charge is 0.497 e. The van der Waals surface area contributed by atoms with Crippen LogP contribution in [0.5, 0.6) is 5.75 Å². The Morgan fingerprint density at radius 2 is 2.07 bits per heavy atom. The molecule has 4 aromatic rings. The van der Waals surface area contributed by atoms with Gasteiger partial charge in [0.1, 0.15) is 11.4 Å². The lowest BCUT2D eigenvalue weighted by Crippen LogP contribution is -2.13. The summed E-state index contributed by atoms with van der Waals surface area (Å²) in [7, 11) is 1.65. The molecule has 0 bridgehead atoms. The number of benzene rings is 1. The van der Waals surface area contributed by atoms with Gasteiger partial charge in [-0.3, -0.25) is 9.78 Å². The number of aromatic nitrogens is 3. The number of H-pyrrole nitrogens is 1. The predicted molar refractivity (Wildman–Crippen MR) is 104 cm³/mol. The second-order valence-electron chi connectivity index (χ2n) is 6.19. The van der Waals surface area contributed by atoms with Gasteiger partial charge in [0.2, 0.25) is 0 Å². The molecule has 0 spiro atoms. The highest BCUT2D eigenvalue weighted by atomic mass is 16.5. The van der Waals surface area contributed by atoms with Gasteiger partial charge in [-0.2, -0.15) is 0 Å². The first-order valence-electron chi connectivity index (χ1n) is 8.50. The SMILES string of the molecule is COc1ccc2c(Cc3cccc(C(N)=O)n3)c(-c3cccnc3)[nH]c2c1. The zero-order valence-corrected chi connectivity index (χ0v) is 14.8. The zero-order chi connectivity index (χ0) is 18.8. The fraction of sp³-hybridized carbons (Fsp3) is 0.0952. The highest BCUT2D eigenvalue weighted by Gasteiger charge is 2.16. The lowest BCUT2D eigenvalue weighted by molar-refractivity contribution is 0.0995. The number of aromatic amines is 1. The minimum atomic E-state index is -0.534. The molecule has 0 atom stereocenters. The summed E-state index contributed by atoms with van der Waals surface area (Å²) >= 11 is 0. The summed E-state index contributed by atoms with van der Waals surface area (Å²) in [5.41, 5.74) is 10.4. The molecule has 0 radical (unpaired) electrons. The first-order valence-corrected chi connectivity index (χ1v) is 8.50. The number of ether oxygens (including phenoxy) is 1. The first-order chi connectivity index (χ1) is 13.2. The molecule has 0 aliphatic rings. The van der Waals surface area contributed by atoms with Gasteiger partial charge in [-0.05, 0) is 42.0 Å². The quantitative estimate of drug-likeness (QED) is 0.572. The number of methoxy groups -OCH3 is 1. The van der Waals surface area contributed by atoms with Gasteiger partial charge in [0.25, 0.3) is 5.91 Å². The van der Waals surface area contributed by atoms with E-state index in [9.17, 15) is 4.79 Å². The Hall–Kier alpha value is -3.67. The molecule has 0 fully saturated rings. The van der Waals surface area contributed by atoms with E-state index in [1.54, 1.807) is 25.4 Å². The van der Waals surface area contributed by atoms with Crippen LogP contribution in [-0.4, -0.2) is 28.0 Å². The third-order valence-corrected chi connectivity index (χ3v) is 4.48. The molecule has 3 N–H and O–H groups in total. The predicted octanol–water partition coefficient (Wildman–Crippen LogP) is 3.32. The summed E-state index contributed by atoms with van der Waals surface area (Å²) in [5, 5.41) is 1.07. The van der Waals surface area contributed by atoms with Crippen molar-refractivity contribution >= 4 is 16.8 Å². The van der Waals surface area contributed by atoms with Crippen LogP contribution in [0.3, 0.4) is 0 Å².